The zero-order valence-electron chi connectivity index (χ0n) is 5.75. The molecule has 0 aliphatic heterocycles. The van der Waals surface area contributed by atoms with Gasteiger partial charge in [0.05, 0.1) is 9.37 Å². The number of carboxylic acids is 1. The van der Waals surface area contributed by atoms with Crippen LogP contribution in [0, 0.1) is 0 Å². The smallest absolute Gasteiger partial charge is 0.329 e. The number of hydrogen-bond acceptors (Lipinski definition) is 2. The molecule has 0 fully saturated rings. The molecule has 0 aliphatic carbocycles. The van der Waals surface area contributed by atoms with E-state index in [9.17, 15) is 4.79 Å². The minimum atomic E-state index is -1.07. The van der Waals surface area contributed by atoms with Gasteiger partial charge in [-0.2, -0.15) is 0 Å². The van der Waals surface area contributed by atoms with Crippen molar-refractivity contribution in [3.63, 3.8) is 0 Å². The van der Waals surface area contributed by atoms with Gasteiger partial charge in [0.15, 0.2) is 0 Å². The van der Waals surface area contributed by atoms with Crippen molar-refractivity contribution >= 4 is 45.5 Å². The molecule has 1 heterocycles. The topological polar surface area (TPSA) is 37.3 Å². The lowest BCUT2D eigenvalue weighted by Gasteiger charge is -1.89. The molecule has 12 heavy (non-hydrogen) atoms. The van der Waals surface area contributed by atoms with E-state index >= 15 is 0 Å². The van der Waals surface area contributed by atoms with Crippen LogP contribution in [0.15, 0.2) is 18.2 Å². The number of halogens is 2. The molecule has 1 N–H and O–H groups in total. The van der Waals surface area contributed by atoms with Gasteiger partial charge in [-0.3, -0.25) is 0 Å². The van der Waals surface area contributed by atoms with E-state index in [1.54, 1.807) is 12.1 Å². The Morgan fingerprint density at radius 1 is 1.58 bits per heavy atom. The Kier molecular flexibility index (Phi) is 3.14. The summed E-state index contributed by atoms with van der Waals surface area (Å²) in [5, 5.41) is 8.56. The summed E-state index contributed by atoms with van der Waals surface area (Å²) in [5.74, 6) is -1.07. The molecule has 0 bridgehead atoms. The van der Waals surface area contributed by atoms with Gasteiger partial charge in [0.25, 0.3) is 0 Å². The quantitative estimate of drug-likeness (QED) is 0.782. The molecule has 64 valence electrons. The van der Waals surface area contributed by atoms with Crippen LogP contribution in [0.2, 0.25) is 4.34 Å². The molecule has 0 atom stereocenters. The van der Waals surface area contributed by atoms with E-state index < -0.39 is 5.97 Å². The first-order chi connectivity index (χ1) is 5.59. The van der Waals surface area contributed by atoms with Crippen molar-refractivity contribution in [2.75, 3.05) is 0 Å². The molecule has 5 heteroatoms. The maximum Gasteiger partial charge on any atom is 0.329 e. The number of thiophene rings is 1. The first-order valence-corrected chi connectivity index (χ1v) is 4.52. The predicted octanol–water partition coefficient (Wildman–Crippen LogP) is 3.07. The Hall–Kier alpha value is -0.510. The molecular formula is C7H4Cl2O2S. The highest BCUT2D eigenvalue weighted by Gasteiger charge is 2.03. The highest BCUT2D eigenvalue weighted by molar-refractivity contribution is 7.17. The Bertz CT molecular complexity index is 330. The van der Waals surface area contributed by atoms with Gasteiger partial charge in [-0.05, 0) is 12.1 Å². The Balaban J connectivity index is 2.91. The Morgan fingerprint density at radius 3 is 2.67 bits per heavy atom. The van der Waals surface area contributed by atoms with E-state index in [-0.39, 0.29) is 5.03 Å². The molecule has 0 spiro atoms. The molecule has 1 rings (SSSR count). The summed E-state index contributed by atoms with van der Waals surface area (Å²) in [6, 6.07) is 3.34. The lowest BCUT2D eigenvalue weighted by atomic mass is 10.4. The maximum absolute atomic E-state index is 10.2. The minimum absolute atomic E-state index is 0.194. The third-order valence-corrected chi connectivity index (χ3v) is 2.75. The average molecular weight is 223 g/mol. The molecule has 0 unspecified atom stereocenters. The summed E-state index contributed by atoms with van der Waals surface area (Å²) in [6.45, 7) is 0. The van der Waals surface area contributed by atoms with Crippen LogP contribution in [0.5, 0.6) is 0 Å². The van der Waals surface area contributed by atoms with Gasteiger partial charge < -0.3 is 5.11 Å². The fourth-order valence-corrected chi connectivity index (χ4v) is 1.85. The van der Waals surface area contributed by atoms with Crippen molar-refractivity contribution in [2.45, 2.75) is 0 Å². The van der Waals surface area contributed by atoms with Gasteiger partial charge in [-0.15, -0.1) is 11.3 Å². The van der Waals surface area contributed by atoms with Crippen LogP contribution in [0.25, 0.3) is 5.03 Å². The van der Waals surface area contributed by atoms with E-state index in [4.69, 9.17) is 28.3 Å². The second kappa shape index (κ2) is 3.94. The van der Waals surface area contributed by atoms with Crippen LogP contribution in [-0.4, -0.2) is 11.1 Å². The van der Waals surface area contributed by atoms with Crippen LogP contribution < -0.4 is 0 Å². The van der Waals surface area contributed by atoms with Crippen molar-refractivity contribution in [3.05, 3.63) is 27.4 Å². The van der Waals surface area contributed by atoms with Crippen molar-refractivity contribution in [2.24, 2.45) is 0 Å². The second-order valence-corrected chi connectivity index (χ2v) is 4.06. The molecule has 1 aromatic rings. The summed E-state index contributed by atoms with van der Waals surface area (Å²) < 4.78 is 0.585. The number of carboxylic acid groups (broad SMARTS) is 1. The zero-order chi connectivity index (χ0) is 9.14. The standard InChI is InChI=1S/C7H4Cl2O2S/c8-4(3-7(10)11)5-1-2-6(9)12-5/h1-3H,(H,10,11)/b4-3+. The van der Waals surface area contributed by atoms with Crippen LogP contribution >= 0.6 is 34.5 Å². The van der Waals surface area contributed by atoms with E-state index in [0.717, 1.165) is 6.08 Å². The summed E-state index contributed by atoms with van der Waals surface area (Å²) >= 11 is 12.5. The normalized spacial score (nSPS) is 11.7. The highest BCUT2D eigenvalue weighted by atomic mass is 35.5. The molecule has 1 aromatic heterocycles. The Morgan fingerprint density at radius 2 is 2.25 bits per heavy atom. The fraction of sp³-hybridized carbons (Fsp3) is 0. The third kappa shape index (κ3) is 2.52. The third-order valence-electron chi connectivity index (χ3n) is 1.06. The highest BCUT2D eigenvalue weighted by Crippen LogP contribution is 2.29. The van der Waals surface area contributed by atoms with Crippen molar-refractivity contribution in [1.29, 1.82) is 0 Å². The molecule has 0 saturated carbocycles. The van der Waals surface area contributed by atoms with Gasteiger partial charge in [-0.1, -0.05) is 23.2 Å². The average Bonchev–Trinajstić information content (AvgIpc) is 2.34. The SMILES string of the molecule is O=C(O)/C=C(/Cl)c1ccc(Cl)s1. The molecule has 0 aromatic carbocycles. The second-order valence-electron chi connectivity index (χ2n) is 1.93. The number of rotatable bonds is 2. The van der Waals surface area contributed by atoms with Crippen LogP contribution in [0.4, 0.5) is 0 Å². The molecular weight excluding hydrogens is 219 g/mol. The fourth-order valence-electron chi connectivity index (χ4n) is 0.622. The van der Waals surface area contributed by atoms with E-state index in [1.165, 1.54) is 11.3 Å². The van der Waals surface area contributed by atoms with Crippen molar-refractivity contribution < 1.29 is 9.90 Å². The van der Waals surface area contributed by atoms with E-state index in [0.29, 0.717) is 9.21 Å². The lowest BCUT2D eigenvalue weighted by molar-refractivity contribution is -0.131. The van der Waals surface area contributed by atoms with Gasteiger partial charge in [-0.25, -0.2) is 4.79 Å². The first-order valence-electron chi connectivity index (χ1n) is 2.95. The van der Waals surface area contributed by atoms with Gasteiger partial charge in [0, 0.05) is 11.0 Å². The first kappa shape index (κ1) is 9.58. The van der Waals surface area contributed by atoms with Crippen LogP contribution in [0.1, 0.15) is 4.88 Å². The van der Waals surface area contributed by atoms with Gasteiger partial charge >= 0.3 is 5.97 Å². The largest absolute Gasteiger partial charge is 0.478 e. The lowest BCUT2D eigenvalue weighted by Crippen LogP contribution is -1.86. The summed E-state index contributed by atoms with van der Waals surface area (Å²) in [6.07, 6.45) is 0.934. The predicted molar refractivity (Wildman–Crippen MR) is 50.8 cm³/mol. The molecule has 0 saturated heterocycles. The molecule has 0 radical (unpaired) electrons. The van der Waals surface area contributed by atoms with Crippen molar-refractivity contribution in [1.82, 2.24) is 0 Å². The summed E-state index contributed by atoms with van der Waals surface area (Å²) in [4.78, 5) is 10.9. The molecule has 0 amide bonds. The van der Waals surface area contributed by atoms with Gasteiger partial charge in [0.1, 0.15) is 0 Å². The van der Waals surface area contributed by atoms with Crippen LogP contribution in [0.3, 0.4) is 0 Å². The zero-order valence-corrected chi connectivity index (χ0v) is 8.08. The van der Waals surface area contributed by atoms with E-state index in [2.05, 4.69) is 0 Å². The number of carbonyl (C=O) groups is 1. The minimum Gasteiger partial charge on any atom is -0.478 e. The van der Waals surface area contributed by atoms with Crippen molar-refractivity contribution in [3.8, 4) is 0 Å². The molecule has 0 aliphatic rings. The number of aliphatic carboxylic acids is 1. The molecule has 2 nitrogen and oxygen atoms in total. The summed E-state index contributed by atoms with van der Waals surface area (Å²) in [5.41, 5.74) is 0. The monoisotopic (exact) mass is 222 g/mol. The summed E-state index contributed by atoms with van der Waals surface area (Å²) in [7, 11) is 0. The van der Waals surface area contributed by atoms with Crippen LogP contribution in [-0.2, 0) is 4.79 Å². The number of hydrogen-bond donors (Lipinski definition) is 1. The van der Waals surface area contributed by atoms with Gasteiger partial charge in [0.2, 0.25) is 0 Å². The Labute approximate surface area is 83.0 Å². The van der Waals surface area contributed by atoms with E-state index in [1.807, 2.05) is 0 Å². The maximum atomic E-state index is 10.2.